The number of nitrogens with two attached hydrogens (primary N) is 1. The normalized spacial score (nSPS) is 11.6. The SMILES string of the molecule is NS(=O)(=O)c1ccc(-c2c(-c3ccccc3)noc2CC[18F])cc1. The summed E-state index contributed by atoms with van der Waals surface area (Å²) in [5.41, 5.74) is 2.75. The predicted octanol–water partition coefficient (Wildman–Crippen LogP) is 3.17. The summed E-state index contributed by atoms with van der Waals surface area (Å²) in [5.74, 6) is 0.416. The van der Waals surface area contributed by atoms with Gasteiger partial charge < -0.3 is 4.52 Å². The maximum absolute atomic E-state index is 12.8. The van der Waals surface area contributed by atoms with Gasteiger partial charge in [-0.15, -0.1) is 0 Å². The van der Waals surface area contributed by atoms with Crippen LogP contribution in [-0.2, 0) is 16.4 Å². The number of hydrogen-bond donors (Lipinski definition) is 1. The van der Waals surface area contributed by atoms with E-state index >= 15 is 0 Å². The molecule has 0 amide bonds. The molecule has 0 aliphatic carbocycles. The quantitative estimate of drug-likeness (QED) is 0.769. The lowest BCUT2D eigenvalue weighted by Gasteiger charge is -2.05. The third-order valence-corrected chi connectivity index (χ3v) is 4.53. The third kappa shape index (κ3) is 3.22. The average molecular weight is 345 g/mol. The van der Waals surface area contributed by atoms with E-state index in [4.69, 9.17) is 9.66 Å². The topological polar surface area (TPSA) is 86.2 Å². The van der Waals surface area contributed by atoms with Crippen LogP contribution in [0.3, 0.4) is 0 Å². The molecule has 0 saturated carbocycles. The van der Waals surface area contributed by atoms with Gasteiger partial charge in [0, 0.05) is 12.0 Å². The molecule has 0 bridgehead atoms. The van der Waals surface area contributed by atoms with E-state index in [1.165, 1.54) is 12.1 Å². The van der Waals surface area contributed by atoms with Crippen LogP contribution in [0.25, 0.3) is 22.4 Å². The zero-order valence-electron chi connectivity index (χ0n) is 12.6. The average Bonchev–Trinajstić information content (AvgIpc) is 2.99. The molecule has 0 spiro atoms. The van der Waals surface area contributed by atoms with Gasteiger partial charge in [-0.2, -0.15) is 0 Å². The van der Waals surface area contributed by atoms with Crippen molar-refractivity contribution in [3.8, 4) is 22.4 Å². The van der Waals surface area contributed by atoms with E-state index in [2.05, 4.69) is 5.16 Å². The molecule has 0 saturated heterocycles. The van der Waals surface area contributed by atoms with Crippen molar-refractivity contribution < 1.29 is 17.3 Å². The Labute approximate surface area is 139 Å². The Balaban J connectivity index is 2.13. The van der Waals surface area contributed by atoms with Crippen LogP contribution in [0.15, 0.2) is 64.0 Å². The molecule has 2 N–H and O–H groups in total. The van der Waals surface area contributed by atoms with E-state index in [1.807, 2.05) is 30.3 Å². The number of hydrogen-bond acceptors (Lipinski definition) is 4. The van der Waals surface area contributed by atoms with Gasteiger partial charge in [0.25, 0.3) is 0 Å². The van der Waals surface area contributed by atoms with E-state index in [0.29, 0.717) is 22.6 Å². The number of rotatable bonds is 5. The highest BCUT2D eigenvalue weighted by molar-refractivity contribution is 7.89. The molecular weight excluding hydrogens is 330 g/mol. The van der Waals surface area contributed by atoms with E-state index in [-0.39, 0.29) is 11.3 Å². The van der Waals surface area contributed by atoms with Gasteiger partial charge in [0.05, 0.1) is 17.1 Å². The van der Waals surface area contributed by atoms with Crippen molar-refractivity contribution in [1.82, 2.24) is 5.16 Å². The number of alkyl halides is 1. The molecule has 0 fully saturated rings. The van der Waals surface area contributed by atoms with Gasteiger partial charge in [-0.25, -0.2) is 13.6 Å². The number of primary sulfonamides is 1. The molecule has 0 aliphatic rings. The minimum atomic E-state index is -3.77. The van der Waals surface area contributed by atoms with Crippen LogP contribution >= 0.6 is 0 Å². The van der Waals surface area contributed by atoms with Crippen molar-refractivity contribution in [2.75, 3.05) is 6.67 Å². The Morgan fingerprint density at radius 1 is 1.00 bits per heavy atom. The fourth-order valence-corrected chi connectivity index (χ4v) is 3.00. The van der Waals surface area contributed by atoms with E-state index in [0.717, 1.165) is 5.56 Å². The molecule has 5 nitrogen and oxygen atoms in total. The fraction of sp³-hybridized carbons (Fsp3) is 0.118. The molecule has 2 aromatic carbocycles. The highest BCUT2D eigenvalue weighted by Gasteiger charge is 2.19. The van der Waals surface area contributed by atoms with Crippen molar-refractivity contribution in [1.29, 1.82) is 0 Å². The Bertz CT molecular complexity index is 936. The fourth-order valence-electron chi connectivity index (χ4n) is 2.48. The van der Waals surface area contributed by atoms with E-state index in [9.17, 15) is 12.8 Å². The standard InChI is InChI=1S/C17H15FN2O3S/c18-11-10-15-16(12-6-8-14(9-7-12)24(19,21)22)17(20-23-15)13-4-2-1-3-5-13/h1-9H,10-11H2,(H2,19,21,22)/i18-1. The molecule has 0 radical (unpaired) electrons. The molecule has 1 aromatic heterocycles. The van der Waals surface area contributed by atoms with Crippen LogP contribution in [0.4, 0.5) is 4.39 Å². The lowest BCUT2D eigenvalue weighted by Crippen LogP contribution is -2.11. The van der Waals surface area contributed by atoms with Crippen LogP contribution in [0.5, 0.6) is 0 Å². The summed E-state index contributed by atoms with van der Waals surface area (Å²) in [6.45, 7) is -0.578. The molecule has 1 heterocycles. The Hall–Kier alpha value is -2.51. The van der Waals surface area contributed by atoms with Crippen molar-refractivity contribution in [2.24, 2.45) is 5.14 Å². The number of benzene rings is 2. The summed E-state index contributed by atoms with van der Waals surface area (Å²) in [7, 11) is -3.77. The van der Waals surface area contributed by atoms with E-state index in [1.54, 1.807) is 12.1 Å². The zero-order valence-corrected chi connectivity index (χ0v) is 13.5. The van der Waals surface area contributed by atoms with Crippen LogP contribution in [0.2, 0.25) is 0 Å². The van der Waals surface area contributed by atoms with Crippen molar-refractivity contribution >= 4 is 10.0 Å². The van der Waals surface area contributed by atoms with Crippen LogP contribution in [0.1, 0.15) is 5.76 Å². The molecule has 7 heteroatoms. The first kappa shape index (κ1) is 16.4. The monoisotopic (exact) mass is 345 g/mol. The largest absolute Gasteiger partial charge is 0.360 e. The number of aryl methyl sites for hydroxylation is 1. The smallest absolute Gasteiger partial charge is 0.238 e. The number of aromatic nitrogens is 1. The van der Waals surface area contributed by atoms with Gasteiger partial charge in [-0.1, -0.05) is 47.6 Å². The number of nitrogens with zero attached hydrogens (tertiary/aromatic N) is 1. The Kier molecular flexibility index (Phi) is 4.46. The van der Waals surface area contributed by atoms with Gasteiger partial charge >= 0.3 is 0 Å². The molecule has 3 aromatic rings. The second-order valence-electron chi connectivity index (χ2n) is 5.20. The molecule has 0 atom stereocenters. The second kappa shape index (κ2) is 6.54. The highest BCUT2D eigenvalue weighted by Crippen LogP contribution is 2.35. The lowest BCUT2D eigenvalue weighted by molar-refractivity contribution is 0.366. The summed E-state index contributed by atoms with van der Waals surface area (Å²) < 4.78 is 40.9. The first-order valence-corrected chi connectivity index (χ1v) is 8.78. The van der Waals surface area contributed by atoms with Crippen LogP contribution in [0, 0.1) is 0 Å². The first-order valence-electron chi connectivity index (χ1n) is 7.24. The summed E-state index contributed by atoms with van der Waals surface area (Å²) in [6.07, 6.45) is 0.0894. The van der Waals surface area contributed by atoms with Gasteiger partial charge in [0.15, 0.2) is 0 Å². The zero-order chi connectivity index (χ0) is 17.2. The molecule has 124 valence electrons. The number of sulfonamides is 1. The minimum absolute atomic E-state index is 0.0102. The van der Waals surface area contributed by atoms with Gasteiger partial charge in [-0.05, 0) is 17.7 Å². The third-order valence-electron chi connectivity index (χ3n) is 3.60. The number of halogens is 1. The Morgan fingerprint density at radius 2 is 1.67 bits per heavy atom. The van der Waals surface area contributed by atoms with Crippen molar-refractivity contribution in [3.05, 3.63) is 60.4 Å². The molecular formula is C17H15FN2O3S. The molecule has 3 rings (SSSR count). The maximum atomic E-state index is 12.8. The summed E-state index contributed by atoms with van der Waals surface area (Å²) in [5, 5.41) is 9.18. The van der Waals surface area contributed by atoms with Crippen LogP contribution < -0.4 is 5.14 Å². The van der Waals surface area contributed by atoms with Crippen molar-refractivity contribution in [2.45, 2.75) is 11.3 Å². The minimum Gasteiger partial charge on any atom is -0.360 e. The summed E-state index contributed by atoms with van der Waals surface area (Å²) in [6, 6.07) is 15.4. The molecule has 24 heavy (non-hydrogen) atoms. The second-order valence-corrected chi connectivity index (χ2v) is 6.77. The summed E-state index contributed by atoms with van der Waals surface area (Å²) in [4.78, 5) is 0.0102. The lowest BCUT2D eigenvalue weighted by atomic mass is 9.98. The maximum Gasteiger partial charge on any atom is 0.238 e. The highest BCUT2D eigenvalue weighted by atomic mass is 32.2. The molecule has 0 aliphatic heterocycles. The van der Waals surface area contributed by atoms with Gasteiger partial charge in [-0.3, -0.25) is 4.39 Å². The van der Waals surface area contributed by atoms with Gasteiger partial charge in [0.2, 0.25) is 10.0 Å². The Morgan fingerprint density at radius 3 is 2.25 bits per heavy atom. The molecule has 0 unspecified atom stereocenters. The summed E-state index contributed by atoms with van der Waals surface area (Å²) >= 11 is 0. The van der Waals surface area contributed by atoms with Crippen molar-refractivity contribution in [3.63, 3.8) is 0 Å². The van der Waals surface area contributed by atoms with Crippen LogP contribution in [-0.4, -0.2) is 20.2 Å². The first-order chi connectivity index (χ1) is 11.5. The predicted molar refractivity (Wildman–Crippen MR) is 88.4 cm³/mol. The van der Waals surface area contributed by atoms with E-state index < -0.39 is 16.7 Å². The van der Waals surface area contributed by atoms with Gasteiger partial charge in [0.1, 0.15) is 11.5 Å².